The standard InChI is InChI=1S/C52H54Cl2F2N4O9S/c1-58-28-43(53)42(44(54)29-58)25-46(38-14-17-45(68-51(55)56)47(24-38)66-32-33-10-11-33)67-49(61)22-35-26-60(27-35)70(63,64)41-15-12-34(13-16-41)31-65-40-9-5-8-39(23-40)50(37-6-3-2-4-7-37)57-52(62)69-48-30-59-20-18-36(48)19-21-59/h2-9,12-17,23-24,28-29,33,35-36,46,48,50-51H,10-11,18-22,25-27,30-32H2,1H3/p+1/t46-,48-,50-/m0/s1. The van der Waals surface area contributed by atoms with Crippen molar-refractivity contribution in [2.45, 2.75) is 74.9 Å². The van der Waals surface area contributed by atoms with Gasteiger partial charge in [0.2, 0.25) is 10.0 Å². The van der Waals surface area contributed by atoms with Crippen molar-refractivity contribution < 1.29 is 55.0 Å². The Hall–Kier alpha value is -5.52. The molecule has 13 nitrogen and oxygen atoms in total. The van der Waals surface area contributed by atoms with Gasteiger partial charge in [0.25, 0.3) is 0 Å². The van der Waals surface area contributed by atoms with Gasteiger partial charge in [0.05, 0.1) is 24.0 Å². The molecule has 10 rings (SSSR count). The van der Waals surface area contributed by atoms with Crippen molar-refractivity contribution in [2.24, 2.45) is 24.8 Å². The summed E-state index contributed by atoms with van der Waals surface area (Å²) in [6.07, 6.45) is 5.79. The number of benzene rings is 4. The van der Waals surface area contributed by atoms with E-state index >= 15 is 0 Å². The summed E-state index contributed by atoms with van der Waals surface area (Å²) in [5.74, 6) is 0.319. The lowest BCUT2D eigenvalue weighted by Crippen LogP contribution is -2.52. The molecule has 1 N–H and O–H groups in total. The van der Waals surface area contributed by atoms with E-state index in [9.17, 15) is 26.8 Å². The average Bonchev–Trinajstić information content (AvgIpc) is 4.17. The Balaban J connectivity index is 0.803. The van der Waals surface area contributed by atoms with Crippen molar-refractivity contribution in [1.82, 2.24) is 14.5 Å². The number of aromatic nitrogens is 1. The number of nitrogens with zero attached hydrogens (tertiary/aromatic N) is 3. The Morgan fingerprint density at radius 2 is 1.51 bits per heavy atom. The molecule has 0 radical (unpaired) electrons. The molecule has 5 aromatic rings. The smallest absolute Gasteiger partial charge is 0.408 e. The molecule has 18 heteroatoms. The van der Waals surface area contributed by atoms with Gasteiger partial charge in [-0.15, -0.1) is 0 Å². The number of piperidine rings is 3. The Kier molecular flexibility index (Phi) is 15.4. The molecule has 1 aromatic heterocycles. The van der Waals surface area contributed by atoms with Crippen LogP contribution in [0.15, 0.2) is 114 Å². The van der Waals surface area contributed by atoms with Crippen molar-refractivity contribution in [1.29, 1.82) is 0 Å². The molecule has 370 valence electrons. The molecule has 4 saturated heterocycles. The molecule has 1 amide bonds. The van der Waals surface area contributed by atoms with E-state index in [0.717, 1.165) is 62.0 Å². The zero-order valence-corrected chi connectivity index (χ0v) is 40.9. The summed E-state index contributed by atoms with van der Waals surface area (Å²) in [5, 5.41) is 3.77. The number of rotatable bonds is 20. The average molecular weight is 1020 g/mol. The Morgan fingerprint density at radius 1 is 0.800 bits per heavy atom. The van der Waals surface area contributed by atoms with Gasteiger partial charge in [0.1, 0.15) is 41.7 Å². The van der Waals surface area contributed by atoms with Crippen LogP contribution in [0.5, 0.6) is 17.2 Å². The second-order valence-electron chi connectivity index (χ2n) is 18.6. The number of carbonyl (C=O) groups is 2. The highest BCUT2D eigenvalue weighted by Gasteiger charge is 2.39. The lowest BCUT2D eigenvalue weighted by Gasteiger charge is -2.43. The Bertz CT molecular complexity index is 2740. The van der Waals surface area contributed by atoms with Crippen molar-refractivity contribution in [3.63, 3.8) is 0 Å². The maximum Gasteiger partial charge on any atom is 0.408 e. The minimum atomic E-state index is -3.88. The van der Waals surface area contributed by atoms with Crippen molar-refractivity contribution in [2.75, 3.05) is 39.3 Å². The predicted molar refractivity (Wildman–Crippen MR) is 256 cm³/mol. The molecule has 0 spiro atoms. The van der Waals surface area contributed by atoms with Crippen LogP contribution in [-0.2, 0) is 44.4 Å². The van der Waals surface area contributed by atoms with Crippen LogP contribution in [-0.4, -0.2) is 81.7 Å². The first-order valence-corrected chi connectivity index (χ1v) is 25.7. The fraction of sp³-hybridized carbons (Fsp3) is 0.404. The molecule has 1 aliphatic carbocycles. The number of ether oxygens (including phenoxy) is 5. The molecular weight excluding hydrogens is 966 g/mol. The van der Waals surface area contributed by atoms with E-state index in [1.54, 1.807) is 36.1 Å². The van der Waals surface area contributed by atoms with E-state index in [0.29, 0.717) is 45.4 Å². The number of carbonyl (C=O) groups excluding carboxylic acids is 2. The Morgan fingerprint density at radius 3 is 2.19 bits per heavy atom. The molecular formula is C52H55Cl2F2N4O9S+. The third-order valence-corrected chi connectivity index (χ3v) is 15.9. The highest BCUT2D eigenvalue weighted by Crippen LogP contribution is 2.39. The zero-order valence-electron chi connectivity index (χ0n) is 38.6. The molecule has 5 fully saturated rings. The van der Waals surface area contributed by atoms with E-state index < -0.39 is 40.8 Å². The van der Waals surface area contributed by atoms with Crippen LogP contribution in [0.4, 0.5) is 13.6 Å². The number of alkyl carbamates (subject to hydrolysis) is 1. The van der Waals surface area contributed by atoms with Crippen LogP contribution in [0.1, 0.15) is 72.1 Å². The number of pyridine rings is 1. The fourth-order valence-electron chi connectivity index (χ4n) is 9.28. The number of nitrogens with one attached hydrogen (secondary N) is 1. The highest BCUT2D eigenvalue weighted by atomic mass is 35.5. The summed E-state index contributed by atoms with van der Waals surface area (Å²) < 4.78 is 85.9. The van der Waals surface area contributed by atoms with Gasteiger partial charge in [-0.3, -0.25) is 9.69 Å². The normalized spacial score (nSPS) is 20.0. The van der Waals surface area contributed by atoms with Gasteiger partial charge >= 0.3 is 18.7 Å². The molecule has 4 aromatic carbocycles. The quantitative estimate of drug-likeness (QED) is 0.0594. The first-order chi connectivity index (χ1) is 33.7. The van der Waals surface area contributed by atoms with Crippen LogP contribution in [0.2, 0.25) is 10.0 Å². The van der Waals surface area contributed by atoms with Gasteiger partial charge in [0.15, 0.2) is 23.9 Å². The number of esters is 1. The van der Waals surface area contributed by atoms with E-state index in [1.165, 1.54) is 34.6 Å². The van der Waals surface area contributed by atoms with Gasteiger partial charge in [-0.2, -0.15) is 13.1 Å². The lowest BCUT2D eigenvalue weighted by atomic mass is 9.86. The molecule has 0 unspecified atom stereocenters. The summed E-state index contributed by atoms with van der Waals surface area (Å²) in [5.41, 5.74) is 3.41. The van der Waals surface area contributed by atoms with Crippen LogP contribution < -0.4 is 24.1 Å². The van der Waals surface area contributed by atoms with Gasteiger partial charge in [-0.05, 0) is 115 Å². The molecule has 5 aliphatic rings. The molecule has 3 atom stereocenters. The molecule has 70 heavy (non-hydrogen) atoms. The minimum absolute atomic E-state index is 0.0595. The maximum atomic E-state index is 13.7. The first-order valence-electron chi connectivity index (χ1n) is 23.5. The summed E-state index contributed by atoms with van der Waals surface area (Å²) >= 11 is 13.2. The fourth-order valence-corrected chi connectivity index (χ4v) is 11.6. The highest BCUT2D eigenvalue weighted by molar-refractivity contribution is 7.89. The Labute approximate surface area is 416 Å². The number of aryl methyl sites for hydroxylation is 1. The van der Waals surface area contributed by atoms with Crippen molar-refractivity contribution in [3.8, 4) is 17.2 Å². The van der Waals surface area contributed by atoms with Crippen molar-refractivity contribution >= 4 is 45.3 Å². The van der Waals surface area contributed by atoms with E-state index in [2.05, 4.69) is 10.2 Å². The van der Waals surface area contributed by atoms with Crippen LogP contribution in [0, 0.1) is 17.8 Å². The number of amides is 1. The van der Waals surface area contributed by atoms with Gasteiger partial charge in [0, 0.05) is 31.6 Å². The zero-order chi connectivity index (χ0) is 48.9. The van der Waals surface area contributed by atoms with Crippen LogP contribution in [0.25, 0.3) is 0 Å². The van der Waals surface area contributed by atoms with Gasteiger partial charge < -0.3 is 29.0 Å². The van der Waals surface area contributed by atoms with Crippen molar-refractivity contribution in [3.05, 3.63) is 147 Å². The van der Waals surface area contributed by atoms with E-state index in [-0.39, 0.29) is 61.0 Å². The summed E-state index contributed by atoms with van der Waals surface area (Å²) in [6.45, 7) is 0.474. The SMILES string of the molecule is C[n+]1cc(Cl)c(C[C@H](OC(=O)CC2CN(S(=O)(=O)c3ccc(COc4cccc([C@@H](NC(=O)O[C@H]5CN6CCC5CC6)c5ccccc5)c4)cc3)C2)c2ccc(OC(F)F)c(OCC3CC3)c2)c(Cl)c1. The number of hydrogen-bond donors (Lipinski definition) is 1. The monoisotopic (exact) mass is 1020 g/mol. The predicted octanol–water partition coefficient (Wildman–Crippen LogP) is 9.23. The maximum absolute atomic E-state index is 13.7. The minimum Gasteiger partial charge on any atom is -0.489 e. The number of halogens is 4. The molecule has 5 heterocycles. The van der Waals surface area contributed by atoms with Crippen LogP contribution >= 0.6 is 23.2 Å². The first kappa shape index (κ1) is 49.5. The van der Waals surface area contributed by atoms with Crippen LogP contribution in [0.3, 0.4) is 0 Å². The second kappa shape index (κ2) is 21.9. The van der Waals surface area contributed by atoms with Gasteiger partial charge in [-0.25, -0.2) is 17.8 Å². The topological polar surface area (TPSA) is 137 Å². The summed E-state index contributed by atoms with van der Waals surface area (Å²) in [6, 6.07) is 27.6. The molecule has 2 bridgehead atoms. The number of hydrogen-bond acceptors (Lipinski definition) is 10. The second-order valence-corrected chi connectivity index (χ2v) is 21.3. The van der Waals surface area contributed by atoms with E-state index in [1.807, 2.05) is 54.6 Å². The summed E-state index contributed by atoms with van der Waals surface area (Å²) in [4.78, 5) is 29.3. The molecule has 1 saturated carbocycles. The number of sulfonamides is 1. The third kappa shape index (κ3) is 12.3. The van der Waals surface area contributed by atoms with Gasteiger partial charge in [-0.1, -0.05) is 83.9 Å². The number of fused-ring (bicyclic) bond motifs is 3. The molecule has 4 aliphatic heterocycles. The van der Waals surface area contributed by atoms with E-state index in [4.69, 9.17) is 46.9 Å². The number of alkyl halides is 2. The lowest BCUT2D eigenvalue weighted by molar-refractivity contribution is -0.671. The summed E-state index contributed by atoms with van der Waals surface area (Å²) in [7, 11) is -2.12. The largest absolute Gasteiger partial charge is 0.489 e. The third-order valence-electron chi connectivity index (χ3n) is 13.4.